The molecule has 0 heterocycles. The zero-order valence-electron chi connectivity index (χ0n) is 13.8. The monoisotopic (exact) mass is 339 g/mol. The summed E-state index contributed by atoms with van der Waals surface area (Å²) in [6.45, 7) is 7.47. The van der Waals surface area contributed by atoms with Crippen LogP contribution in [0.25, 0.3) is 0 Å². The van der Waals surface area contributed by atoms with Crippen LogP contribution in [0.2, 0.25) is 0 Å². The fourth-order valence-electron chi connectivity index (χ4n) is 2.48. The predicted octanol–water partition coefficient (Wildman–Crippen LogP) is 3.19. The number of hydrogen-bond donors (Lipinski definition) is 1. The number of rotatable bonds is 6. The van der Waals surface area contributed by atoms with Gasteiger partial charge in [-0.3, -0.25) is 4.79 Å². The maximum atomic E-state index is 13.3. The number of nitrogens with one attached hydrogen (secondary N) is 1. The maximum Gasteiger partial charge on any atom is 0.307 e. The molecule has 0 aromatic carbocycles. The highest BCUT2D eigenvalue weighted by molar-refractivity contribution is 7.90. The summed E-state index contributed by atoms with van der Waals surface area (Å²) in [5, 5.41) is 0. The Bertz CT molecular complexity index is 364. The minimum atomic E-state index is -2.62. The second kappa shape index (κ2) is 7.93. The molecule has 1 aliphatic carbocycles. The largest absolute Gasteiger partial charge is 0.598 e. The van der Waals surface area contributed by atoms with E-state index in [2.05, 4.69) is 4.72 Å². The second-order valence-electron chi connectivity index (χ2n) is 6.81. The lowest BCUT2D eigenvalue weighted by molar-refractivity contribution is -0.144. The molecule has 0 radical (unpaired) electrons. The van der Waals surface area contributed by atoms with Gasteiger partial charge in [-0.1, -0.05) is 0 Å². The van der Waals surface area contributed by atoms with Crippen LogP contribution in [0.4, 0.5) is 8.78 Å². The Hall–Kier alpha value is -0.400. The molecule has 1 aliphatic rings. The molecule has 0 aliphatic heterocycles. The molecule has 7 heteroatoms. The second-order valence-corrected chi connectivity index (χ2v) is 8.81. The lowest BCUT2D eigenvalue weighted by Gasteiger charge is -2.35. The molecule has 0 bridgehead atoms. The van der Waals surface area contributed by atoms with E-state index in [1.54, 1.807) is 6.92 Å². The van der Waals surface area contributed by atoms with Crippen LogP contribution >= 0.6 is 0 Å². The van der Waals surface area contributed by atoms with Crippen molar-refractivity contribution in [3.63, 3.8) is 0 Å². The summed E-state index contributed by atoms with van der Waals surface area (Å²) < 4.78 is 46.3. The Kier molecular flexibility index (Phi) is 7.08. The number of hydrogen-bond acceptors (Lipinski definition) is 4. The van der Waals surface area contributed by atoms with Gasteiger partial charge >= 0.3 is 5.97 Å². The van der Waals surface area contributed by atoms with E-state index in [9.17, 15) is 18.1 Å². The summed E-state index contributed by atoms with van der Waals surface area (Å²) in [5.74, 6) is -3.09. The predicted molar refractivity (Wildman–Crippen MR) is 83.0 cm³/mol. The van der Waals surface area contributed by atoms with Crippen LogP contribution < -0.4 is 4.72 Å². The van der Waals surface area contributed by atoms with E-state index in [1.807, 2.05) is 20.8 Å². The first-order chi connectivity index (χ1) is 10.0. The van der Waals surface area contributed by atoms with Crippen molar-refractivity contribution in [2.24, 2.45) is 5.92 Å². The van der Waals surface area contributed by atoms with Gasteiger partial charge in [0.05, 0.1) is 19.1 Å². The highest BCUT2D eigenvalue weighted by Gasteiger charge is 2.40. The van der Waals surface area contributed by atoms with E-state index in [0.717, 1.165) is 0 Å². The Morgan fingerprint density at radius 2 is 1.95 bits per heavy atom. The minimum absolute atomic E-state index is 0.0614. The quantitative estimate of drug-likeness (QED) is 0.596. The van der Waals surface area contributed by atoms with Crippen LogP contribution in [-0.2, 0) is 20.9 Å². The summed E-state index contributed by atoms with van der Waals surface area (Å²) in [6, 6.07) is -0.393. The van der Waals surface area contributed by atoms with Gasteiger partial charge in [0.1, 0.15) is 4.75 Å². The molecule has 1 N–H and O–H groups in total. The SMILES string of the molecule is CCOC(=O)C[C@@H](N[S+]([O-])C(C)(C)C)C1CCC(F)(F)CC1. The highest BCUT2D eigenvalue weighted by Crippen LogP contribution is 2.38. The van der Waals surface area contributed by atoms with Crippen LogP contribution in [-0.4, -0.2) is 33.8 Å². The van der Waals surface area contributed by atoms with E-state index in [1.165, 1.54) is 0 Å². The number of ether oxygens (including phenoxy) is 1. The average molecular weight is 339 g/mol. The molecule has 1 saturated carbocycles. The first-order valence-electron chi connectivity index (χ1n) is 7.76. The van der Waals surface area contributed by atoms with Crippen LogP contribution in [0.15, 0.2) is 0 Å². The number of carbonyl (C=O) groups excluding carboxylic acids is 1. The third-order valence-electron chi connectivity index (χ3n) is 3.84. The van der Waals surface area contributed by atoms with Gasteiger partial charge in [-0.15, -0.1) is 4.72 Å². The Labute approximate surface area is 134 Å². The Morgan fingerprint density at radius 3 is 2.41 bits per heavy atom. The standard InChI is InChI=1S/C15H27F2NO3S/c1-5-21-13(19)10-12(18-22(20)14(2,3)4)11-6-8-15(16,17)9-7-11/h11-12,18H,5-10H2,1-4H3/t12-,22?/m1/s1. The van der Waals surface area contributed by atoms with Crippen molar-refractivity contribution in [3.05, 3.63) is 0 Å². The molecular weight excluding hydrogens is 312 g/mol. The van der Waals surface area contributed by atoms with Crippen molar-refractivity contribution in [2.45, 2.75) is 76.5 Å². The minimum Gasteiger partial charge on any atom is -0.598 e. The summed E-state index contributed by atoms with van der Waals surface area (Å²) in [7, 11) is 0. The summed E-state index contributed by atoms with van der Waals surface area (Å²) in [5.41, 5.74) is 0. The third kappa shape index (κ3) is 6.38. The molecule has 0 saturated heterocycles. The summed E-state index contributed by atoms with van der Waals surface area (Å²) >= 11 is -1.35. The van der Waals surface area contributed by atoms with Crippen molar-refractivity contribution in [1.82, 2.24) is 4.72 Å². The van der Waals surface area contributed by atoms with Crippen LogP contribution in [0.1, 0.15) is 59.8 Å². The molecule has 22 heavy (non-hydrogen) atoms. The normalized spacial score (nSPS) is 22.1. The van der Waals surface area contributed by atoms with Crippen LogP contribution in [0.3, 0.4) is 0 Å². The summed E-state index contributed by atoms with van der Waals surface area (Å²) in [6.07, 6.45) is 0.352. The van der Waals surface area contributed by atoms with Gasteiger partial charge in [-0.2, -0.15) is 0 Å². The molecule has 1 unspecified atom stereocenters. The summed E-state index contributed by atoms with van der Waals surface area (Å²) in [4.78, 5) is 11.7. The molecule has 1 rings (SSSR count). The van der Waals surface area contributed by atoms with Gasteiger partial charge in [-0.25, -0.2) is 8.78 Å². The fourth-order valence-corrected chi connectivity index (χ4v) is 3.39. The topological polar surface area (TPSA) is 61.4 Å². The van der Waals surface area contributed by atoms with Crippen molar-refractivity contribution >= 4 is 17.3 Å². The zero-order valence-corrected chi connectivity index (χ0v) is 14.6. The van der Waals surface area contributed by atoms with Gasteiger partial charge in [0.2, 0.25) is 5.92 Å². The molecule has 0 aromatic heterocycles. The van der Waals surface area contributed by atoms with Crippen LogP contribution in [0.5, 0.6) is 0 Å². The maximum absolute atomic E-state index is 13.3. The Balaban J connectivity index is 2.71. The van der Waals surface area contributed by atoms with Crippen molar-refractivity contribution in [1.29, 1.82) is 0 Å². The van der Waals surface area contributed by atoms with E-state index >= 15 is 0 Å². The van der Waals surface area contributed by atoms with Gasteiger partial charge in [0.15, 0.2) is 0 Å². The average Bonchev–Trinajstić information content (AvgIpc) is 2.37. The molecule has 1 fully saturated rings. The van der Waals surface area contributed by atoms with Crippen molar-refractivity contribution < 1.29 is 22.9 Å². The fraction of sp³-hybridized carbons (Fsp3) is 0.933. The van der Waals surface area contributed by atoms with Crippen LogP contribution in [0, 0.1) is 5.92 Å². The van der Waals surface area contributed by atoms with E-state index in [0.29, 0.717) is 12.8 Å². The number of alkyl halides is 2. The molecule has 0 spiro atoms. The third-order valence-corrected chi connectivity index (χ3v) is 5.47. The van der Waals surface area contributed by atoms with E-state index in [4.69, 9.17) is 4.74 Å². The van der Waals surface area contributed by atoms with Gasteiger partial charge in [0, 0.05) is 24.2 Å². The lowest BCUT2D eigenvalue weighted by Crippen LogP contribution is -2.49. The van der Waals surface area contributed by atoms with Gasteiger partial charge in [0.25, 0.3) is 0 Å². The smallest absolute Gasteiger partial charge is 0.307 e. The molecule has 130 valence electrons. The molecular formula is C15H27F2NO3S. The molecule has 0 amide bonds. The van der Waals surface area contributed by atoms with E-state index < -0.39 is 28.1 Å². The number of esters is 1. The molecule has 4 nitrogen and oxygen atoms in total. The number of carbonyl (C=O) groups is 1. The van der Waals surface area contributed by atoms with Gasteiger partial charge in [-0.05, 0) is 46.5 Å². The van der Waals surface area contributed by atoms with Crippen molar-refractivity contribution in [3.8, 4) is 0 Å². The zero-order chi connectivity index (χ0) is 17.0. The first-order valence-corrected chi connectivity index (χ1v) is 8.91. The van der Waals surface area contributed by atoms with Gasteiger partial charge < -0.3 is 9.29 Å². The molecule has 2 atom stereocenters. The van der Waals surface area contributed by atoms with Crippen molar-refractivity contribution in [2.75, 3.05) is 6.61 Å². The number of halogens is 2. The lowest BCUT2D eigenvalue weighted by atomic mass is 9.81. The highest BCUT2D eigenvalue weighted by atomic mass is 32.2. The Morgan fingerprint density at radius 1 is 1.41 bits per heavy atom. The van der Waals surface area contributed by atoms with E-state index in [-0.39, 0.29) is 37.8 Å². The first kappa shape index (κ1) is 19.6. The molecule has 0 aromatic rings.